The van der Waals surface area contributed by atoms with Crippen molar-refractivity contribution in [1.82, 2.24) is 25.8 Å². The Morgan fingerprint density at radius 2 is 1.54 bits per heavy atom. The highest BCUT2D eigenvalue weighted by Gasteiger charge is 2.39. The number of ether oxygens (including phenoxy) is 2. The van der Waals surface area contributed by atoms with Crippen molar-refractivity contribution >= 4 is 43.8 Å². The van der Waals surface area contributed by atoms with E-state index >= 15 is 0 Å². The van der Waals surface area contributed by atoms with Crippen LogP contribution in [0.1, 0.15) is 77.7 Å². The van der Waals surface area contributed by atoms with Crippen LogP contribution in [-0.4, -0.2) is 114 Å². The van der Waals surface area contributed by atoms with Crippen LogP contribution in [-0.2, 0) is 40.1 Å². The summed E-state index contributed by atoms with van der Waals surface area (Å²) in [6, 6.07) is 5.97. The molecule has 2 heterocycles. The van der Waals surface area contributed by atoms with Crippen molar-refractivity contribution in [3.63, 3.8) is 0 Å². The SMILES string of the molecule is COC(=O)[C@H](CC(C)C)NC(=O)[C@@H]1CCCN1C(=O)C(C)CP(O)CNC(=O)[C@H](CCCCN)NC(=O)[C@@H]1CCCN1C(=O)OCc1ccccc1. The fourth-order valence-electron chi connectivity index (χ4n) is 6.52. The smallest absolute Gasteiger partial charge is 0.410 e. The monoisotopic (exact) mass is 748 g/mol. The number of nitrogens with zero attached hydrogens (tertiary/aromatic N) is 2. The molecule has 6 atom stereocenters. The number of methoxy groups -OCH3 is 1. The first-order chi connectivity index (χ1) is 24.9. The molecule has 2 unspecified atom stereocenters. The lowest BCUT2D eigenvalue weighted by Crippen LogP contribution is -2.53. The van der Waals surface area contributed by atoms with Crippen molar-refractivity contribution in [1.29, 1.82) is 0 Å². The minimum Gasteiger partial charge on any atom is -0.467 e. The van der Waals surface area contributed by atoms with Gasteiger partial charge in [-0.3, -0.25) is 24.1 Å². The number of carbonyl (C=O) groups excluding carboxylic acids is 6. The number of carbonyl (C=O) groups is 6. The molecular formula is C36H57N6O9P. The van der Waals surface area contributed by atoms with Crippen LogP contribution < -0.4 is 21.7 Å². The van der Waals surface area contributed by atoms with Gasteiger partial charge in [-0.25, -0.2) is 9.59 Å². The van der Waals surface area contributed by atoms with E-state index in [4.69, 9.17) is 15.2 Å². The quantitative estimate of drug-likeness (QED) is 0.0791. The molecule has 52 heavy (non-hydrogen) atoms. The summed E-state index contributed by atoms with van der Waals surface area (Å²) < 4.78 is 10.3. The van der Waals surface area contributed by atoms with Crippen molar-refractivity contribution in [3.8, 4) is 0 Å². The third-order valence-electron chi connectivity index (χ3n) is 9.26. The Hall–Kier alpha value is -3.81. The van der Waals surface area contributed by atoms with E-state index in [2.05, 4.69) is 16.0 Å². The predicted octanol–water partition coefficient (Wildman–Crippen LogP) is 2.20. The van der Waals surface area contributed by atoms with Gasteiger partial charge in [-0.1, -0.05) is 51.1 Å². The summed E-state index contributed by atoms with van der Waals surface area (Å²) in [7, 11) is -0.552. The molecule has 6 N–H and O–H groups in total. The Labute approximate surface area is 307 Å². The van der Waals surface area contributed by atoms with Gasteiger partial charge in [0.1, 0.15) is 30.8 Å². The maximum atomic E-state index is 13.4. The first-order valence-corrected chi connectivity index (χ1v) is 19.9. The van der Waals surface area contributed by atoms with Crippen LogP contribution in [0.15, 0.2) is 30.3 Å². The predicted molar refractivity (Wildman–Crippen MR) is 196 cm³/mol. The number of nitrogens with one attached hydrogen (secondary N) is 3. The van der Waals surface area contributed by atoms with E-state index in [9.17, 15) is 33.7 Å². The van der Waals surface area contributed by atoms with Crippen molar-refractivity contribution in [2.45, 2.75) is 103 Å². The average Bonchev–Trinajstić information content (AvgIpc) is 3.83. The van der Waals surface area contributed by atoms with Gasteiger partial charge < -0.3 is 41.0 Å². The molecule has 2 aliphatic rings. The number of esters is 1. The molecule has 16 heteroatoms. The largest absolute Gasteiger partial charge is 0.467 e. The highest BCUT2D eigenvalue weighted by molar-refractivity contribution is 7.51. The molecule has 0 aromatic heterocycles. The fourth-order valence-corrected chi connectivity index (χ4v) is 7.78. The molecule has 5 amide bonds. The minimum atomic E-state index is -1.82. The lowest BCUT2D eigenvalue weighted by Gasteiger charge is -2.29. The van der Waals surface area contributed by atoms with Gasteiger partial charge in [0, 0.05) is 33.3 Å². The van der Waals surface area contributed by atoms with E-state index in [1.165, 1.54) is 16.9 Å². The number of benzene rings is 1. The molecule has 3 rings (SSSR count). The van der Waals surface area contributed by atoms with Gasteiger partial charge in [-0.05, 0) is 69.4 Å². The lowest BCUT2D eigenvalue weighted by molar-refractivity contribution is -0.147. The van der Waals surface area contributed by atoms with Gasteiger partial charge in [0.2, 0.25) is 23.6 Å². The Bertz CT molecular complexity index is 1350. The number of unbranched alkanes of at least 4 members (excludes halogenated alkanes) is 1. The zero-order chi connectivity index (χ0) is 38.2. The summed E-state index contributed by atoms with van der Waals surface area (Å²) in [6.07, 6.45) is 3.43. The van der Waals surface area contributed by atoms with Crippen molar-refractivity contribution < 1.29 is 43.1 Å². The second kappa shape index (κ2) is 21.7. The number of nitrogens with two attached hydrogens (primary N) is 1. The van der Waals surface area contributed by atoms with E-state index in [0.717, 1.165) is 5.56 Å². The third kappa shape index (κ3) is 13.0. The third-order valence-corrected chi connectivity index (χ3v) is 10.8. The van der Waals surface area contributed by atoms with E-state index in [1.54, 1.807) is 6.92 Å². The van der Waals surface area contributed by atoms with Crippen molar-refractivity contribution in [2.24, 2.45) is 17.6 Å². The van der Waals surface area contributed by atoms with Crippen LogP contribution in [0.3, 0.4) is 0 Å². The first kappa shape index (κ1) is 42.6. The first-order valence-electron chi connectivity index (χ1n) is 18.2. The summed E-state index contributed by atoms with van der Waals surface area (Å²) in [5.74, 6) is -2.70. The van der Waals surface area contributed by atoms with E-state index < -0.39 is 68.0 Å². The highest BCUT2D eigenvalue weighted by atomic mass is 31.1. The maximum Gasteiger partial charge on any atom is 0.410 e. The molecule has 15 nitrogen and oxygen atoms in total. The van der Waals surface area contributed by atoms with Crippen LogP contribution in [0.5, 0.6) is 0 Å². The van der Waals surface area contributed by atoms with Crippen LogP contribution in [0, 0.1) is 11.8 Å². The molecule has 0 spiro atoms. The second-order valence-electron chi connectivity index (χ2n) is 13.9. The Morgan fingerprint density at radius 3 is 2.15 bits per heavy atom. The van der Waals surface area contributed by atoms with Crippen molar-refractivity contribution in [3.05, 3.63) is 35.9 Å². The zero-order valence-corrected chi connectivity index (χ0v) is 31.8. The molecule has 290 valence electrons. The minimum absolute atomic E-state index is 0.0762. The Kier molecular flexibility index (Phi) is 17.7. The standard InChI is InChI=1S/C36H57N6O9P/c1-24(2)20-28(35(47)50-4)40-32(44)29-15-10-18-41(29)34(46)25(3)22-52(49)23-38-31(43)27(14-8-9-17-37)39-33(45)30-16-11-19-42(30)36(48)51-21-26-12-6-5-7-13-26/h5-7,12-13,24-25,27-30,49H,8-11,14-23,37H2,1-4H3,(H,38,43)(H,39,45)(H,40,44)/t25?,27-,28-,29-,30-,52?/m0/s1. The topological polar surface area (TPSA) is 210 Å². The lowest BCUT2D eigenvalue weighted by atomic mass is 10.0. The van der Waals surface area contributed by atoms with Crippen LogP contribution in [0.25, 0.3) is 0 Å². The summed E-state index contributed by atoms with van der Waals surface area (Å²) in [5.41, 5.74) is 6.49. The Balaban J connectivity index is 1.53. The average molecular weight is 749 g/mol. The Morgan fingerprint density at radius 1 is 0.923 bits per heavy atom. The zero-order valence-electron chi connectivity index (χ0n) is 30.9. The van der Waals surface area contributed by atoms with Gasteiger partial charge in [0.05, 0.1) is 13.4 Å². The summed E-state index contributed by atoms with van der Waals surface area (Å²) in [5, 5.41) is 8.29. The van der Waals surface area contributed by atoms with Gasteiger partial charge in [-0.2, -0.15) is 0 Å². The van der Waals surface area contributed by atoms with Crippen LogP contribution in [0.4, 0.5) is 4.79 Å². The molecule has 0 saturated carbocycles. The molecule has 1 aromatic carbocycles. The van der Waals surface area contributed by atoms with Gasteiger partial charge in [0.15, 0.2) is 0 Å². The van der Waals surface area contributed by atoms with Crippen LogP contribution in [0.2, 0.25) is 0 Å². The molecule has 0 aliphatic carbocycles. The fraction of sp³-hybridized carbons (Fsp3) is 0.667. The van der Waals surface area contributed by atoms with E-state index in [-0.39, 0.29) is 30.9 Å². The number of hydrogen-bond donors (Lipinski definition) is 5. The number of likely N-dealkylation sites (tertiary alicyclic amines) is 2. The number of rotatable bonds is 19. The molecule has 2 saturated heterocycles. The number of hydrogen-bond acceptors (Lipinski definition) is 10. The summed E-state index contributed by atoms with van der Waals surface area (Å²) in [6.45, 7) is 6.77. The molecular weight excluding hydrogens is 691 g/mol. The highest BCUT2D eigenvalue weighted by Crippen LogP contribution is 2.33. The molecule has 0 radical (unpaired) electrons. The molecule has 1 aromatic rings. The van der Waals surface area contributed by atoms with E-state index in [1.807, 2.05) is 44.2 Å². The molecule has 2 aliphatic heterocycles. The number of amides is 5. The summed E-state index contributed by atoms with van der Waals surface area (Å²) >= 11 is 0. The molecule has 0 bridgehead atoms. The van der Waals surface area contributed by atoms with Gasteiger partial charge in [0.25, 0.3) is 0 Å². The van der Waals surface area contributed by atoms with Gasteiger partial charge in [-0.15, -0.1) is 0 Å². The summed E-state index contributed by atoms with van der Waals surface area (Å²) in [4.78, 5) is 92.2. The van der Waals surface area contributed by atoms with Crippen molar-refractivity contribution in [2.75, 3.05) is 39.2 Å². The van der Waals surface area contributed by atoms with E-state index in [0.29, 0.717) is 71.0 Å². The molecule has 2 fully saturated rings. The second-order valence-corrected chi connectivity index (χ2v) is 15.6. The van der Waals surface area contributed by atoms with Crippen LogP contribution >= 0.6 is 8.15 Å². The normalized spacial score (nSPS) is 19.4. The van der Waals surface area contributed by atoms with Gasteiger partial charge >= 0.3 is 12.1 Å². The maximum absolute atomic E-state index is 13.4.